The average molecular weight is 475 g/mol. The van der Waals surface area contributed by atoms with Crippen LogP contribution < -0.4 is 10.1 Å². The summed E-state index contributed by atoms with van der Waals surface area (Å²) in [5, 5.41) is 9.21. The normalized spacial score (nSPS) is 19.7. The minimum absolute atomic E-state index is 0.0275. The second-order valence-corrected chi connectivity index (χ2v) is 8.98. The molecule has 1 aromatic heterocycles. The largest absolute Gasteiger partial charge is 0.497 e. The maximum atomic E-state index is 12.6. The molecule has 34 heavy (non-hydrogen) atoms. The minimum atomic E-state index is -0.601. The first kappa shape index (κ1) is 22.0. The molecule has 5 rings (SSSR count). The van der Waals surface area contributed by atoms with Gasteiger partial charge in [-0.05, 0) is 54.1 Å². The van der Waals surface area contributed by atoms with Crippen molar-refractivity contribution in [2.24, 2.45) is 10.1 Å². The van der Waals surface area contributed by atoms with Gasteiger partial charge in [0.25, 0.3) is 5.91 Å². The fourth-order valence-electron chi connectivity index (χ4n) is 3.85. The lowest BCUT2D eigenvalue weighted by atomic mass is 10.0. The van der Waals surface area contributed by atoms with Gasteiger partial charge in [-0.15, -0.1) is 0 Å². The molecule has 0 saturated heterocycles. The van der Waals surface area contributed by atoms with Crippen LogP contribution in [0.3, 0.4) is 0 Å². The monoisotopic (exact) mass is 474 g/mol. The Morgan fingerprint density at radius 1 is 1.15 bits per heavy atom. The molecule has 0 spiro atoms. The van der Waals surface area contributed by atoms with Crippen molar-refractivity contribution in [3.8, 4) is 5.75 Å². The van der Waals surface area contributed by atoms with Gasteiger partial charge in [0, 0.05) is 18.5 Å². The summed E-state index contributed by atoms with van der Waals surface area (Å²) in [6.45, 7) is 0. The van der Waals surface area contributed by atoms with E-state index in [0.29, 0.717) is 17.3 Å². The van der Waals surface area contributed by atoms with Crippen LogP contribution in [-0.4, -0.2) is 40.1 Å². The number of furan rings is 1. The maximum absolute atomic E-state index is 12.6. The van der Waals surface area contributed by atoms with E-state index in [1.807, 2.05) is 54.6 Å². The quantitative estimate of drug-likeness (QED) is 0.566. The predicted molar refractivity (Wildman–Crippen MR) is 131 cm³/mol. The van der Waals surface area contributed by atoms with Crippen molar-refractivity contribution in [3.05, 3.63) is 84.3 Å². The van der Waals surface area contributed by atoms with Gasteiger partial charge in [0.05, 0.1) is 19.1 Å². The van der Waals surface area contributed by atoms with Crippen LogP contribution in [-0.2, 0) is 9.59 Å². The number of ether oxygens (including phenoxy) is 1. The molecule has 3 heterocycles. The Labute approximate surface area is 200 Å². The number of thioether (sulfide) groups is 1. The number of para-hydroxylation sites is 1. The lowest BCUT2D eigenvalue weighted by molar-refractivity contribution is -0.121. The number of amides is 2. The fourth-order valence-corrected chi connectivity index (χ4v) is 4.92. The van der Waals surface area contributed by atoms with Gasteiger partial charge < -0.3 is 14.5 Å². The first-order valence-corrected chi connectivity index (χ1v) is 11.7. The van der Waals surface area contributed by atoms with E-state index in [2.05, 4.69) is 10.3 Å². The van der Waals surface area contributed by atoms with Crippen molar-refractivity contribution in [2.45, 2.75) is 24.1 Å². The Bertz CT molecular complexity index is 1240. The second kappa shape index (κ2) is 9.56. The number of benzene rings is 2. The minimum Gasteiger partial charge on any atom is -0.497 e. The highest BCUT2D eigenvalue weighted by Gasteiger charge is 2.40. The number of nitrogens with one attached hydrogen (secondary N) is 1. The zero-order valence-electron chi connectivity index (χ0n) is 18.4. The summed E-state index contributed by atoms with van der Waals surface area (Å²) in [5.74, 6) is 0.919. The van der Waals surface area contributed by atoms with Gasteiger partial charge in [-0.2, -0.15) is 10.1 Å². The summed E-state index contributed by atoms with van der Waals surface area (Å²) < 4.78 is 10.9. The number of methoxy groups -OCH3 is 1. The number of hydrogen-bond acceptors (Lipinski definition) is 7. The van der Waals surface area contributed by atoms with E-state index in [1.165, 1.54) is 11.8 Å². The van der Waals surface area contributed by atoms with Crippen LogP contribution in [0.1, 0.15) is 30.2 Å². The second-order valence-electron chi connectivity index (χ2n) is 7.81. The number of rotatable bonds is 6. The Balaban J connectivity index is 1.33. The van der Waals surface area contributed by atoms with Gasteiger partial charge in [0.2, 0.25) is 5.91 Å². The highest BCUT2D eigenvalue weighted by atomic mass is 32.2. The topological polar surface area (TPSA) is 96.5 Å². The summed E-state index contributed by atoms with van der Waals surface area (Å²) in [4.78, 5) is 29.4. The number of hydrazone groups is 1. The van der Waals surface area contributed by atoms with Crippen molar-refractivity contribution < 1.29 is 18.7 Å². The van der Waals surface area contributed by atoms with Gasteiger partial charge >= 0.3 is 0 Å². The molecule has 2 atom stereocenters. The van der Waals surface area contributed by atoms with Crippen LogP contribution in [0.5, 0.6) is 5.75 Å². The molecule has 2 amide bonds. The van der Waals surface area contributed by atoms with Crippen molar-refractivity contribution in [3.63, 3.8) is 0 Å². The number of aliphatic imine (C=N–C) groups is 1. The SMILES string of the molecule is COc1ccc(C2=NN(C3=NC(=O)[C@H](CC(=O)Nc4ccccc4)S3)[C@@H](c3ccco3)C2)cc1. The third-order valence-corrected chi connectivity index (χ3v) is 6.70. The van der Waals surface area contributed by atoms with E-state index >= 15 is 0 Å². The fraction of sp³-hybridized carbons (Fsp3) is 0.200. The smallest absolute Gasteiger partial charge is 0.262 e. The summed E-state index contributed by atoms with van der Waals surface area (Å²) in [6, 6.07) is 20.3. The van der Waals surface area contributed by atoms with E-state index in [1.54, 1.807) is 30.5 Å². The molecular weight excluding hydrogens is 452 g/mol. The molecule has 172 valence electrons. The molecule has 8 nitrogen and oxygen atoms in total. The van der Waals surface area contributed by atoms with Crippen molar-refractivity contribution in [1.82, 2.24) is 5.01 Å². The summed E-state index contributed by atoms with van der Waals surface area (Å²) >= 11 is 1.26. The summed E-state index contributed by atoms with van der Waals surface area (Å²) in [7, 11) is 1.62. The van der Waals surface area contributed by atoms with Crippen molar-refractivity contribution >= 4 is 40.1 Å². The molecule has 0 bridgehead atoms. The number of amidine groups is 1. The van der Waals surface area contributed by atoms with Crippen LogP contribution in [0.2, 0.25) is 0 Å². The standard InChI is InChI=1S/C25H22N4O4S/c1-32-18-11-9-16(10-12-18)19-14-20(21-8-5-13-33-21)29(28-19)25-27-24(31)22(34-25)15-23(30)26-17-6-3-2-4-7-17/h2-13,20,22H,14-15H2,1H3,(H,26,30)/t20-,22+/m1/s1. The Kier molecular flexibility index (Phi) is 6.18. The van der Waals surface area contributed by atoms with Gasteiger partial charge in [0.1, 0.15) is 22.8 Å². The van der Waals surface area contributed by atoms with Crippen LogP contribution in [0.25, 0.3) is 0 Å². The molecule has 2 aliphatic heterocycles. The predicted octanol–water partition coefficient (Wildman–Crippen LogP) is 4.47. The molecule has 0 fully saturated rings. The molecule has 2 aliphatic rings. The third-order valence-electron chi connectivity index (χ3n) is 5.56. The highest BCUT2D eigenvalue weighted by Crippen LogP contribution is 2.38. The lowest BCUT2D eigenvalue weighted by Gasteiger charge is -2.20. The molecule has 0 aliphatic carbocycles. The first-order chi connectivity index (χ1) is 16.6. The van der Waals surface area contributed by atoms with Gasteiger partial charge in [0.15, 0.2) is 5.17 Å². The van der Waals surface area contributed by atoms with E-state index in [-0.39, 0.29) is 24.3 Å². The number of carbonyl (C=O) groups is 2. The molecule has 1 N–H and O–H groups in total. The van der Waals surface area contributed by atoms with E-state index in [4.69, 9.17) is 14.3 Å². The molecule has 3 aromatic rings. The van der Waals surface area contributed by atoms with Gasteiger partial charge in [-0.25, -0.2) is 5.01 Å². The molecule has 9 heteroatoms. The van der Waals surface area contributed by atoms with Crippen LogP contribution in [0.4, 0.5) is 5.69 Å². The molecule has 0 radical (unpaired) electrons. The molecule has 2 aromatic carbocycles. The van der Waals surface area contributed by atoms with Gasteiger partial charge in [-0.1, -0.05) is 30.0 Å². The third kappa shape index (κ3) is 4.60. The van der Waals surface area contributed by atoms with E-state index < -0.39 is 5.25 Å². The van der Waals surface area contributed by atoms with Crippen LogP contribution in [0, 0.1) is 0 Å². The number of carbonyl (C=O) groups excluding carboxylic acids is 2. The Morgan fingerprint density at radius 3 is 2.65 bits per heavy atom. The summed E-state index contributed by atoms with van der Waals surface area (Å²) in [6.07, 6.45) is 2.23. The van der Waals surface area contributed by atoms with Crippen molar-refractivity contribution in [2.75, 3.05) is 12.4 Å². The van der Waals surface area contributed by atoms with E-state index in [9.17, 15) is 9.59 Å². The number of anilines is 1. The van der Waals surface area contributed by atoms with E-state index in [0.717, 1.165) is 22.8 Å². The Morgan fingerprint density at radius 2 is 1.94 bits per heavy atom. The Hall–Kier alpha value is -3.85. The van der Waals surface area contributed by atoms with Crippen LogP contribution >= 0.6 is 11.8 Å². The molecular formula is C25H22N4O4S. The summed E-state index contributed by atoms with van der Waals surface area (Å²) in [5.41, 5.74) is 2.49. The van der Waals surface area contributed by atoms with Crippen molar-refractivity contribution in [1.29, 1.82) is 0 Å². The van der Waals surface area contributed by atoms with Crippen LogP contribution in [0.15, 0.2) is 87.5 Å². The lowest BCUT2D eigenvalue weighted by Crippen LogP contribution is -2.24. The van der Waals surface area contributed by atoms with Gasteiger partial charge in [-0.3, -0.25) is 9.59 Å². The average Bonchev–Trinajstić information content (AvgIpc) is 3.60. The first-order valence-electron chi connectivity index (χ1n) is 10.8. The zero-order valence-corrected chi connectivity index (χ0v) is 19.2. The number of hydrogen-bond donors (Lipinski definition) is 1. The highest BCUT2D eigenvalue weighted by molar-refractivity contribution is 8.15. The number of nitrogens with zero attached hydrogens (tertiary/aromatic N) is 3. The maximum Gasteiger partial charge on any atom is 0.262 e. The molecule has 0 saturated carbocycles. The molecule has 0 unspecified atom stereocenters. The zero-order chi connectivity index (χ0) is 23.5.